The van der Waals surface area contributed by atoms with Crippen LogP contribution in [-0.2, 0) is 0 Å². The summed E-state index contributed by atoms with van der Waals surface area (Å²) >= 11 is 0. The van der Waals surface area contributed by atoms with Gasteiger partial charge in [0.25, 0.3) is 0 Å². The van der Waals surface area contributed by atoms with Crippen molar-refractivity contribution in [3.05, 3.63) is 0 Å². The summed E-state index contributed by atoms with van der Waals surface area (Å²) in [5, 5.41) is 9.17. The van der Waals surface area contributed by atoms with E-state index in [1.807, 2.05) is 0 Å². The van der Waals surface area contributed by atoms with Crippen LogP contribution < -0.4 is 0 Å². The van der Waals surface area contributed by atoms with Crippen LogP contribution in [0, 0.1) is 11.3 Å². The van der Waals surface area contributed by atoms with E-state index >= 15 is 0 Å². The molecule has 0 N–H and O–H groups in total. The molecule has 2 fully saturated rings. The van der Waals surface area contributed by atoms with Crippen molar-refractivity contribution in [3.8, 4) is 6.07 Å². The summed E-state index contributed by atoms with van der Waals surface area (Å²) in [4.78, 5) is 0. The van der Waals surface area contributed by atoms with Crippen LogP contribution in [0.25, 0.3) is 0 Å². The van der Waals surface area contributed by atoms with E-state index in [1.54, 1.807) is 0 Å². The molecule has 1 radical (unpaired) electrons. The molecule has 2 saturated heterocycles. The maximum atomic E-state index is 9.04. The Balaban J connectivity index is 0.000000720. The zero-order valence-electron chi connectivity index (χ0n) is 7.97. The van der Waals surface area contributed by atoms with E-state index in [0.29, 0.717) is 0 Å². The number of nitrogens with zero attached hydrogens (tertiary/aromatic N) is 1. The van der Waals surface area contributed by atoms with E-state index in [4.69, 9.17) is 5.26 Å². The van der Waals surface area contributed by atoms with Crippen LogP contribution in [0.4, 0.5) is 0 Å². The van der Waals surface area contributed by atoms with Gasteiger partial charge in [-0.25, -0.2) is 0 Å². The molecular formula is C9H14BNNa. The zero-order valence-corrected chi connectivity index (χ0v) is 9.97. The van der Waals surface area contributed by atoms with Gasteiger partial charge >= 0.3 is 0 Å². The third-order valence-corrected chi connectivity index (χ3v) is 3.45. The molecule has 2 rings (SSSR count). The fourth-order valence-electron chi connectivity index (χ4n) is 2.85. The number of nitriles is 1. The van der Waals surface area contributed by atoms with Gasteiger partial charge in [0.05, 0.1) is 6.07 Å². The van der Waals surface area contributed by atoms with Crippen LogP contribution in [0.1, 0.15) is 38.5 Å². The summed E-state index contributed by atoms with van der Waals surface area (Å²) in [5.41, 5.74) is 0. The maximum absolute atomic E-state index is 9.04. The van der Waals surface area contributed by atoms with Crippen molar-refractivity contribution in [1.29, 1.82) is 5.26 Å². The summed E-state index contributed by atoms with van der Waals surface area (Å²) in [6.07, 6.45) is 7.75. The van der Waals surface area contributed by atoms with Gasteiger partial charge in [-0.2, -0.15) is 5.26 Å². The minimum Gasteiger partial charge on any atom is -0.199 e. The first kappa shape index (κ1) is 10.6. The average molecular weight is 170 g/mol. The molecule has 0 saturated carbocycles. The average Bonchev–Trinajstić information content (AvgIpc) is 2.05. The van der Waals surface area contributed by atoms with Crippen molar-refractivity contribution in [2.45, 2.75) is 49.7 Å². The second kappa shape index (κ2) is 4.18. The fourth-order valence-corrected chi connectivity index (χ4v) is 2.85. The van der Waals surface area contributed by atoms with Gasteiger partial charge in [0.2, 0.25) is 0 Å². The molecule has 1 nitrogen and oxygen atoms in total. The molecule has 2 heterocycles. The largest absolute Gasteiger partial charge is 0.199 e. The van der Waals surface area contributed by atoms with Gasteiger partial charge in [-0.05, 0) is 12.8 Å². The molecule has 59 valence electrons. The molecule has 0 amide bonds. The quantitative estimate of drug-likeness (QED) is 0.509. The van der Waals surface area contributed by atoms with E-state index < -0.39 is 0 Å². The summed E-state index contributed by atoms with van der Waals surface area (Å²) < 4.78 is 0. The Hall–Kier alpha value is 0.555. The Bertz CT molecular complexity index is 189. The molecule has 0 aromatic heterocycles. The second-order valence-electron chi connectivity index (χ2n) is 4.25. The van der Waals surface area contributed by atoms with Crippen molar-refractivity contribution >= 4 is 36.8 Å². The molecule has 2 bridgehead atoms. The van der Waals surface area contributed by atoms with Crippen molar-refractivity contribution in [2.75, 3.05) is 0 Å². The van der Waals surface area contributed by atoms with E-state index in [1.165, 1.54) is 45.8 Å². The predicted octanol–water partition coefficient (Wildman–Crippen LogP) is 1.88. The SMILES string of the molecule is N#CC12BC(CCC1)CCC2.[Na]. The van der Waals surface area contributed by atoms with Gasteiger partial charge in [-0.3, -0.25) is 0 Å². The Morgan fingerprint density at radius 1 is 1.25 bits per heavy atom. The molecule has 0 aromatic carbocycles. The number of rotatable bonds is 0. The molecule has 2 aliphatic heterocycles. The summed E-state index contributed by atoms with van der Waals surface area (Å²) in [6.45, 7) is 0. The molecule has 2 aliphatic rings. The Labute approximate surface area is 97.4 Å². The van der Waals surface area contributed by atoms with Crippen LogP contribution in [0.3, 0.4) is 0 Å². The van der Waals surface area contributed by atoms with E-state index in [2.05, 4.69) is 6.07 Å². The zero-order chi connectivity index (χ0) is 7.73. The monoisotopic (exact) mass is 170 g/mol. The van der Waals surface area contributed by atoms with Gasteiger partial charge in [-0.15, -0.1) is 0 Å². The van der Waals surface area contributed by atoms with Gasteiger partial charge in [-0.1, -0.05) is 31.5 Å². The molecule has 0 aromatic rings. The second-order valence-corrected chi connectivity index (χ2v) is 4.25. The van der Waals surface area contributed by atoms with Crippen LogP contribution >= 0.6 is 0 Å². The van der Waals surface area contributed by atoms with Crippen LogP contribution in [0.5, 0.6) is 0 Å². The Kier molecular flexibility index (Phi) is 3.70. The first-order valence-corrected chi connectivity index (χ1v) is 4.76. The van der Waals surface area contributed by atoms with Gasteiger partial charge in [0.1, 0.15) is 7.28 Å². The van der Waals surface area contributed by atoms with Crippen LogP contribution in [0.15, 0.2) is 0 Å². The molecule has 12 heavy (non-hydrogen) atoms. The minimum absolute atomic E-state index is 0. The number of fused-ring (bicyclic) bond motifs is 2. The van der Waals surface area contributed by atoms with Crippen molar-refractivity contribution in [1.82, 2.24) is 0 Å². The summed E-state index contributed by atoms with van der Waals surface area (Å²) in [7, 11) is 1.21. The van der Waals surface area contributed by atoms with Gasteiger partial charge in [0.15, 0.2) is 0 Å². The predicted molar refractivity (Wildman–Crippen MR) is 52.7 cm³/mol. The summed E-state index contributed by atoms with van der Waals surface area (Å²) in [6, 6.07) is 2.55. The molecule has 3 heteroatoms. The molecular weight excluding hydrogens is 156 g/mol. The normalized spacial score (nSPS) is 38.8. The number of hydrogen-bond acceptors (Lipinski definition) is 1. The topological polar surface area (TPSA) is 23.8 Å². The third kappa shape index (κ3) is 1.89. The Morgan fingerprint density at radius 2 is 1.83 bits per heavy atom. The first-order chi connectivity index (χ1) is 5.35. The molecule has 0 atom stereocenters. The van der Waals surface area contributed by atoms with Crippen molar-refractivity contribution < 1.29 is 0 Å². The summed E-state index contributed by atoms with van der Waals surface area (Å²) in [5.74, 6) is 0.900. The smallest absolute Gasteiger partial charge is 0.149 e. The Morgan fingerprint density at radius 3 is 2.25 bits per heavy atom. The standard InChI is InChI=1S/C9H14BN.Na/c11-7-9-5-1-3-8(10-9)4-2-6-9;/h8,10H,1-6H2;. The van der Waals surface area contributed by atoms with E-state index in [9.17, 15) is 0 Å². The van der Waals surface area contributed by atoms with Crippen LogP contribution in [0.2, 0.25) is 11.1 Å². The first-order valence-electron chi connectivity index (χ1n) is 4.76. The maximum Gasteiger partial charge on any atom is 0.149 e. The van der Waals surface area contributed by atoms with E-state index in [-0.39, 0.29) is 34.9 Å². The van der Waals surface area contributed by atoms with Gasteiger partial charge < -0.3 is 0 Å². The fraction of sp³-hybridized carbons (Fsp3) is 0.889. The molecule has 0 unspecified atom stereocenters. The minimum atomic E-state index is 0. The molecule has 0 aliphatic carbocycles. The van der Waals surface area contributed by atoms with Crippen molar-refractivity contribution in [2.24, 2.45) is 0 Å². The van der Waals surface area contributed by atoms with E-state index in [0.717, 1.165) is 5.82 Å². The molecule has 0 spiro atoms. The van der Waals surface area contributed by atoms with Crippen LogP contribution in [-0.4, -0.2) is 36.8 Å². The van der Waals surface area contributed by atoms with Crippen molar-refractivity contribution in [3.63, 3.8) is 0 Å². The number of hydrogen-bond donors (Lipinski definition) is 0. The third-order valence-electron chi connectivity index (χ3n) is 3.45. The van der Waals surface area contributed by atoms with Gasteiger partial charge in [0, 0.05) is 34.9 Å².